The average molecular weight is 501 g/mol. The smallest absolute Gasteiger partial charge is 0.297 e. The standard InChI is InChI=1S/C22H19ClF2N8O2/c1-35-9-17(12-2-3-15(23)16(7-12)33-20(19(24)25)28-10-29-33)32-21(34)18(30-22(32)26)13-4-5-31-11-27-8-14(31)6-13/h2-8,10-11,17-19H,9H2,1H3,(H2,26,30). The summed E-state index contributed by atoms with van der Waals surface area (Å²) >= 11 is 6.30. The Balaban J connectivity index is 1.51. The lowest BCUT2D eigenvalue weighted by Crippen LogP contribution is -2.37. The summed E-state index contributed by atoms with van der Waals surface area (Å²) in [5, 5.41) is 15.5. The summed E-state index contributed by atoms with van der Waals surface area (Å²) in [6.07, 6.45) is 3.27. The molecule has 2 N–H and O–H groups in total. The van der Waals surface area contributed by atoms with Gasteiger partial charge in [-0.3, -0.25) is 15.1 Å². The maximum absolute atomic E-state index is 13.5. The summed E-state index contributed by atoms with van der Waals surface area (Å²) < 4.78 is 34.9. The Bertz CT molecular complexity index is 1420. The van der Waals surface area contributed by atoms with Gasteiger partial charge in [0.15, 0.2) is 11.8 Å². The molecule has 1 aliphatic heterocycles. The number of pyridine rings is 1. The second kappa shape index (κ2) is 9.04. The number of rotatable bonds is 7. The molecule has 1 fully saturated rings. The van der Waals surface area contributed by atoms with Crippen molar-refractivity contribution in [2.24, 2.45) is 0 Å². The third kappa shape index (κ3) is 4.00. The normalized spacial score (nSPS) is 16.9. The monoisotopic (exact) mass is 500 g/mol. The number of imidazole rings is 1. The highest BCUT2D eigenvalue weighted by atomic mass is 35.5. The summed E-state index contributed by atoms with van der Waals surface area (Å²) in [5.74, 6) is -1.03. The highest BCUT2D eigenvalue weighted by molar-refractivity contribution is 6.32. The van der Waals surface area contributed by atoms with E-state index < -0.39 is 24.3 Å². The van der Waals surface area contributed by atoms with Crippen LogP contribution in [0.3, 0.4) is 0 Å². The third-order valence-electron chi connectivity index (χ3n) is 5.77. The molecule has 0 saturated carbocycles. The molecule has 4 heterocycles. The Morgan fingerprint density at radius 1 is 1.29 bits per heavy atom. The third-order valence-corrected chi connectivity index (χ3v) is 6.09. The van der Waals surface area contributed by atoms with Crippen molar-refractivity contribution in [3.63, 3.8) is 0 Å². The number of hydrogen-bond donors (Lipinski definition) is 2. The van der Waals surface area contributed by atoms with Gasteiger partial charge in [0, 0.05) is 13.3 Å². The number of alkyl halides is 2. The lowest BCUT2D eigenvalue weighted by atomic mass is 10.0. The van der Waals surface area contributed by atoms with E-state index in [1.165, 1.54) is 18.1 Å². The molecule has 10 nitrogen and oxygen atoms in total. The van der Waals surface area contributed by atoms with Crippen molar-refractivity contribution in [3.8, 4) is 5.69 Å². The van der Waals surface area contributed by atoms with Gasteiger partial charge in [-0.1, -0.05) is 17.7 Å². The van der Waals surface area contributed by atoms with Crippen LogP contribution in [0.2, 0.25) is 5.02 Å². The lowest BCUT2D eigenvalue weighted by molar-refractivity contribution is -0.129. The molecule has 2 atom stereocenters. The van der Waals surface area contributed by atoms with Crippen molar-refractivity contribution in [3.05, 3.63) is 77.4 Å². The van der Waals surface area contributed by atoms with Crippen LogP contribution in [-0.4, -0.2) is 54.6 Å². The van der Waals surface area contributed by atoms with Crippen molar-refractivity contribution in [2.75, 3.05) is 13.7 Å². The number of carbonyl (C=O) groups excluding carboxylic acids is 1. The fourth-order valence-electron chi connectivity index (χ4n) is 4.13. The molecule has 1 amide bonds. The van der Waals surface area contributed by atoms with Crippen LogP contribution in [0.5, 0.6) is 0 Å². The predicted molar refractivity (Wildman–Crippen MR) is 122 cm³/mol. The first-order chi connectivity index (χ1) is 16.9. The van der Waals surface area contributed by atoms with Crippen molar-refractivity contribution >= 4 is 29.0 Å². The summed E-state index contributed by atoms with van der Waals surface area (Å²) in [7, 11) is 1.47. The summed E-state index contributed by atoms with van der Waals surface area (Å²) in [6.45, 7) is 0.0459. The molecule has 0 bridgehead atoms. The number of benzene rings is 1. The zero-order chi connectivity index (χ0) is 24.7. The Labute approximate surface area is 202 Å². The first-order valence-electron chi connectivity index (χ1n) is 10.5. The number of nitrogens with one attached hydrogen (secondary N) is 2. The van der Waals surface area contributed by atoms with E-state index in [1.54, 1.807) is 36.9 Å². The molecular weight excluding hydrogens is 482 g/mol. The van der Waals surface area contributed by atoms with Gasteiger partial charge >= 0.3 is 0 Å². The second-order valence-electron chi connectivity index (χ2n) is 7.83. The van der Waals surface area contributed by atoms with Crippen molar-refractivity contribution in [1.29, 1.82) is 5.41 Å². The number of guanidine groups is 1. The molecule has 0 spiro atoms. The molecule has 1 aromatic carbocycles. The fraction of sp³-hybridized carbons (Fsp3) is 0.227. The number of aromatic nitrogens is 5. The molecule has 2 unspecified atom stereocenters. The number of fused-ring (bicyclic) bond motifs is 1. The highest BCUT2D eigenvalue weighted by Gasteiger charge is 2.41. The average Bonchev–Trinajstić information content (AvgIpc) is 3.57. The van der Waals surface area contributed by atoms with Gasteiger partial charge in [0.2, 0.25) is 0 Å². The van der Waals surface area contributed by atoms with Gasteiger partial charge < -0.3 is 14.5 Å². The van der Waals surface area contributed by atoms with E-state index >= 15 is 0 Å². The Hall–Kier alpha value is -3.90. The first kappa shape index (κ1) is 22.9. The van der Waals surface area contributed by atoms with Gasteiger partial charge in [0.05, 0.1) is 41.4 Å². The zero-order valence-corrected chi connectivity index (χ0v) is 19.0. The molecule has 5 rings (SSSR count). The number of amides is 1. The molecule has 180 valence electrons. The summed E-state index contributed by atoms with van der Waals surface area (Å²) in [4.78, 5) is 22.5. The van der Waals surface area contributed by atoms with E-state index in [0.717, 1.165) is 16.5 Å². The minimum atomic E-state index is -2.86. The van der Waals surface area contributed by atoms with E-state index in [1.807, 2.05) is 10.5 Å². The van der Waals surface area contributed by atoms with E-state index in [2.05, 4.69) is 20.4 Å². The molecule has 35 heavy (non-hydrogen) atoms. The molecule has 0 aliphatic carbocycles. The molecule has 1 saturated heterocycles. The van der Waals surface area contributed by atoms with E-state index in [-0.39, 0.29) is 29.2 Å². The van der Waals surface area contributed by atoms with Crippen LogP contribution >= 0.6 is 11.6 Å². The molecule has 4 aromatic rings. The van der Waals surface area contributed by atoms with Gasteiger partial charge in [0.1, 0.15) is 12.4 Å². The van der Waals surface area contributed by atoms with Gasteiger partial charge in [-0.15, -0.1) is 0 Å². The minimum Gasteiger partial charge on any atom is -0.382 e. The van der Waals surface area contributed by atoms with Gasteiger partial charge in [-0.25, -0.2) is 23.4 Å². The summed E-state index contributed by atoms with van der Waals surface area (Å²) in [6, 6.07) is 6.80. The Morgan fingerprint density at radius 2 is 2.11 bits per heavy atom. The molecule has 0 radical (unpaired) electrons. The highest BCUT2D eigenvalue weighted by Crippen LogP contribution is 2.33. The fourth-order valence-corrected chi connectivity index (χ4v) is 4.33. The van der Waals surface area contributed by atoms with Crippen molar-refractivity contribution in [1.82, 2.24) is 34.4 Å². The van der Waals surface area contributed by atoms with Crippen LogP contribution in [-0.2, 0) is 9.53 Å². The van der Waals surface area contributed by atoms with Crippen molar-refractivity contribution < 1.29 is 18.3 Å². The Morgan fingerprint density at radius 3 is 2.89 bits per heavy atom. The Kier molecular flexibility index (Phi) is 5.91. The van der Waals surface area contributed by atoms with Gasteiger partial charge in [-0.2, -0.15) is 5.10 Å². The van der Waals surface area contributed by atoms with Crippen molar-refractivity contribution in [2.45, 2.75) is 18.5 Å². The number of halogens is 3. The van der Waals surface area contributed by atoms with E-state index in [4.69, 9.17) is 21.7 Å². The zero-order valence-electron chi connectivity index (χ0n) is 18.3. The molecule has 1 aliphatic rings. The van der Waals surface area contributed by atoms with E-state index in [9.17, 15) is 13.6 Å². The largest absolute Gasteiger partial charge is 0.382 e. The minimum absolute atomic E-state index is 0.0459. The number of nitrogens with zero attached hydrogens (tertiary/aromatic N) is 6. The van der Waals surface area contributed by atoms with E-state index in [0.29, 0.717) is 11.1 Å². The van der Waals surface area contributed by atoms with Gasteiger partial charge in [-0.05, 0) is 35.4 Å². The van der Waals surface area contributed by atoms with Crippen LogP contribution in [0.15, 0.2) is 55.4 Å². The summed E-state index contributed by atoms with van der Waals surface area (Å²) in [5.41, 5.74) is 2.17. The number of carbonyl (C=O) groups is 1. The number of ether oxygens (including phenoxy) is 1. The van der Waals surface area contributed by atoms with Gasteiger partial charge in [0.25, 0.3) is 12.3 Å². The molecule has 13 heteroatoms. The quantitative estimate of drug-likeness (QED) is 0.402. The topological polar surface area (TPSA) is 113 Å². The van der Waals surface area contributed by atoms with Crippen LogP contribution in [0.25, 0.3) is 11.2 Å². The maximum Gasteiger partial charge on any atom is 0.297 e. The van der Waals surface area contributed by atoms with Crippen LogP contribution in [0, 0.1) is 5.41 Å². The van der Waals surface area contributed by atoms with Crippen LogP contribution < -0.4 is 5.32 Å². The number of methoxy groups -OCH3 is 1. The first-order valence-corrected chi connectivity index (χ1v) is 10.8. The molecule has 3 aromatic heterocycles. The van der Waals surface area contributed by atoms with Crippen LogP contribution in [0.1, 0.15) is 35.5 Å². The molecular formula is C22H19ClF2N8O2. The lowest BCUT2D eigenvalue weighted by Gasteiger charge is -2.27. The maximum atomic E-state index is 13.5. The predicted octanol–water partition coefficient (Wildman–Crippen LogP) is 3.30. The SMILES string of the molecule is COCC(c1ccc(Cl)c(-n2ncnc2C(F)F)c1)N1C(=N)NC(c2ccn3cncc3c2)C1=O. The van der Waals surface area contributed by atoms with Crippen LogP contribution in [0.4, 0.5) is 8.78 Å². The second-order valence-corrected chi connectivity index (χ2v) is 8.24. The number of hydrogen-bond acceptors (Lipinski definition) is 6.